The predicted octanol–water partition coefficient (Wildman–Crippen LogP) is 4.92. The quantitative estimate of drug-likeness (QED) is 0.196. The van der Waals surface area contributed by atoms with Crippen LogP contribution in [0.5, 0.6) is 5.75 Å². The van der Waals surface area contributed by atoms with E-state index in [4.69, 9.17) is 9.84 Å². The Morgan fingerprint density at radius 1 is 1.03 bits per heavy atom. The molecule has 0 radical (unpaired) electrons. The first-order valence-electron chi connectivity index (χ1n) is 11.8. The normalized spacial score (nSPS) is 14.4. The van der Waals surface area contributed by atoms with Gasteiger partial charge in [0.2, 0.25) is 0 Å². The first-order chi connectivity index (χ1) is 18.7. The number of carboxylic acid groups (broad SMARTS) is 1. The molecule has 8 nitrogen and oxygen atoms in total. The van der Waals surface area contributed by atoms with Crippen LogP contribution in [0.2, 0.25) is 0 Å². The van der Waals surface area contributed by atoms with Crippen molar-refractivity contribution in [1.29, 1.82) is 0 Å². The largest absolute Gasteiger partial charge is 0.492 e. The SMILES string of the molecule is O=C(O)C(Cc1ccc(OCCn2c(=O)sc3c4c(ccc32)C(=NO)c2ccccc2-4)cc1)OCC(F)(F)F. The first kappa shape index (κ1) is 26.4. The molecule has 1 aromatic heterocycles. The van der Waals surface area contributed by atoms with Gasteiger partial charge in [0.1, 0.15) is 24.7 Å². The molecular formula is C27H21F3N2O6S. The molecule has 3 aromatic carbocycles. The number of thiazole rings is 1. The summed E-state index contributed by atoms with van der Waals surface area (Å²) < 4.78 is 49.8. The molecule has 1 aliphatic carbocycles. The zero-order valence-electron chi connectivity index (χ0n) is 20.1. The summed E-state index contributed by atoms with van der Waals surface area (Å²) in [5, 5.41) is 22.2. The summed E-state index contributed by atoms with van der Waals surface area (Å²) in [7, 11) is 0. The van der Waals surface area contributed by atoms with Crippen molar-refractivity contribution in [2.24, 2.45) is 5.16 Å². The molecule has 0 saturated heterocycles. The summed E-state index contributed by atoms with van der Waals surface area (Å²) in [6.45, 7) is -1.23. The van der Waals surface area contributed by atoms with Gasteiger partial charge in [0, 0.05) is 23.1 Å². The Morgan fingerprint density at radius 3 is 2.41 bits per heavy atom. The van der Waals surface area contributed by atoms with Gasteiger partial charge in [0.25, 0.3) is 0 Å². The van der Waals surface area contributed by atoms with Crippen molar-refractivity contribution < 1.29 is 37.8 Å². The average molecular weight is 559 g/mol. The van der Waals surface area contributed by atoms with Crippen LogP contribution in [0, 0.1) is 0 Å². The van der Waals surface area contributed by atoms with E-state index in [0.717, 1.165) is 43.8 Å². The third-order valence-corrected chi connectivity index (χ3v) is 7.31. The van der Waals surface area contributed by atoms with Crippen LogP contribution in [0.4, 0.5) is 13.2 Å². The van der Waals surface area contributed by atoms with Crippen molar-refractivity contribution in [3.05, 3.63) is 87.0 Å². The molecule has 1 atom stereocenters. The molecule has 1 heterocycles. The number of benzene rings is 3. The number of carbonyl (C=O) groups is 1. The second-order valence-electron chi connectivity index (χ2n) is 8.80. The van der Waals surface area contributed by atoms with Crippen molar-refractivity contribution in [3.8, 4) is 16.9 Å². The fraction of sp³-hybridized carbons (Fsp3) is 0.222. The Labute approximate surface area is 223 Å². The monoisotopic (exact) mass is 558 g/mol. The van der Waals surface area contributed by atoms with Gasteiger partial charge in [0.05, 0.1) is 16.8 Å². The molecule has 1 aliphatic rings. The molecule has 202 valence electrons. The first-order valence-corrected chi connectivity index (χ1v) is 12.6. The van der Waals surface area contributed by atoms with Gasteiger partial charge in [-0.25, -0.2) is 4.79 Å². The van der Waals surface area contributed by atoms with Gasteiger partial charge in [-0.2, -0.15) is 13.2 Å². The molecule has 2 N–H and O–H groups in total. The minimum absolute atomic E-state index is 0.161. The molecule has 0 aliphatic heterocycles. The Kier molecular flexibility index (Phi) is 7.15. The second kappa shape index (κ2) is 10.5. The summed E-state index contributed by atoms with van der Waals surface area (Å²) >= 11 is 1.11. The van der Waals surface area contributed by atoms with Crippen LogP contribution in [0.25, 0.3) is 21.3 Å². The number of nitrogens with zero attached hydrogens (tertiary/aromatic N) is 2. The van der Waals surface area contributed by atoms with E-state index in [1.54, 1.807) is 28.8 Å². The number of fused-ring (bicyclic) bond motifs is 5. The minimum atomic E-state index is -4.62. The van der Waals surface area contributed by atoms with Crippen molar-refractivity contribution in [2.75, 3.05) is 13.2 Å². The van der Waals surface area contributed by atoms with Gasteiger partial charge in [-0.15, -0.1) is 0 Å². The lowest BCUT2D eigenvalue weighted by molar-refractivity contribution is -0.192. The van der Waals surface area contributed by atoms with Crippen LogP contribution in [0.3, 0.4) is 0 Å². The Bertz CT molecular complexity index is 1630. The molecule has 0 bridgehead atoms. The number of hydrogen-bond donors (Lipinski definition) is 2. The van der Waals surface area contributed by atoms with E-state index >= 15 is 0 Å². The fourth-order valence-electron chi connectivity index (χ4n) is 4.57. The molecule has 0 saturated carbocycles. The zero-order valence-corrected chi connectivity index (χ0v) is 21.0. The van der Waals surface area contributed by atoms with Crippen LogP contribution in [-0.2, 0) is 22.5 Å². The number of ether oxygens (including phenoxy) is 2. The molecule has 5 rings (SSSR count). The van der Waals surface area contributed by atoms with Gasteiger partial charge < -0.3 is 19.8 Å². The van der Waals surface area contributed by atoms with E-state index in [0.29, 0.717) is 17.0 Å². The van der Waals surface area contributed by atoms with Gasteiger partial charge in [-0.3, -0.25) is 9.36 Å². The standard InChI is InChI=1S/C27H21F3N2O6S/c28-27(29,30)14-38-21(25(33)34)13-15-5-7-16(8-6-15)37-12-11-32-20-10-9-19-22(24(20)39-26(32)35)17-3-1-2-4-18(17)23(19)31-36/h1-10,21,36H,11-14H2,(H,33,34). The molecular weight excluding hydrogens is 537 g/mol. The summed E-state index contributed by atoms with van der Waals surface area (Å²) in [6.07, 6.45) is -6.49. The van der Waals surface area contributed by atoms with Crippen LogP contribution < -0.4 is 9.61 Å². The smallest absolute Gasteiger partial charge is 0.411 e. The maximum atomic E-state index is 12.9. The number of hydrogen-bond acceptors (Lipinski definition) is 7. The Hall–Kier alpha value is -4.16. The molecule has 1 unspecified atom stereocenters. The van der Waals surface area contributed by atoms with Crippen molar-refractivity contribution in [3.63, 3.8) is 0 Å². The average Bonchev–Trinajstić information content (AvgIpc) is 3.40. The maximum absolute atomic E-state index is 12.9. The lowest BCUT2D eigenvalue weighted by Crippen LogP contribution is -2.31. The topological polar surface area (TPSA) is 110 Å². The molecule has 39 heavy (non-hydrogen) atoms. The van der Waals surface area contributed by atoms with Gasteiger partial charge in [0.15, 0.2) is 6.10 Å². The van der Waals surface area contributed by atoms with E-state index in [2.05, 4.69) is 9.89 Å². The van der Waals surface area contributed by atoms with E-state index in [1.807, 2.05) is 36.4 Å². The lowest BCUT2D eigenvalue weighted by Gasteiger charge is -2.15. The molecule has 0 spiro atoms. The maximum Gasteiger partial charge on any atom is 0.411 e. The number of carboxylic acids is 1. The summed E-state index contributed by atoms with van der Waals surface area (Å²) in [5.41, 5.74) is 4.96. The third-order valence-electron chi connectivity index (χ3n) is 6.30. The van der Waals surface area contributed by atoms with E-state index < -0.39 is 24.9 Å². The number of aliphatic carboxylic acids is 1. The Balaban J connectivity index is 1.27. The van der Waals surface area contributed by atoms with E-state index in [1.165, 1.54) is 0 Å². The summed E-state index contributed by atoms with van der Waals surface area (Å²) in [5.74, 6) is -1.03. The van der Waals surface area contributed by atoms with E-state index in [-0.39, 0.29) is 24.4 Å². The number of halogens is 3. The highest BCUT2D eigenvalue weighted by Gasteiger charge is 2.31. The minimum Gasteiger partial charge on any atom is -0.492 e. The van der Waals surface area contributed by atoms with Crippen LogP contribution >= 0.6 is 11.3 Å². The van der Waals surface area contributed by atoms with Crippen LogP contribution in [0.1, 0.15) is 16.7 Å². The fourth-order valence-corrected chi connectivity index (χ4v) is 5.65. The van der Waals surface area contributed by atoms with Crippen molar-refractivity contribution in [2.45, 2.75) is 25.2 Å². The number of aromatic nitrogens is 1. The summed E-state index contributed by atoms with van der Waals surface area (Å²) in [6, 6.07) is 17.4. The Morgan fingerprint density at radius 2 is 1.74 bits per heavy atom. The van der Waals surface area contributed by atoms with Crippen LogP contribution in [-0.4, -0.2) is 52.1 Å². The predicted molar refractivity (Wildman–Crippen MR) is 138 cm³/mol. The van der Waals surface area contributed by atoms with Crippen molar-refractivity contribution >= 4 is 33.2 Å². The molecule has 12 heteroatoms. The highest BCUT2D eigenvalue weighted by Crippen LogP contribution is 2.42. The molecule has 0 fully saturated rings. The highest BCUT2D eigenvalue weighted by molar-refractivity contribution is 7.17. The molecule has 4 aromatic rings. The van der Waals surface area contributed by atoms with Gasteiger partial charge >= 0.3 is 17.0 Å². The van der Waals surface area contributed by atoms with Gasteiger partial charge in [-0.1, -0.05) is 52.9 Å². The highest BCUT2D eigenvalue weighted by atomic mass is 32.1. The number of rotatable bonds is 9. The third kappa shape index (κ3) is 5.38. The second-order valence-corrected chi connectivity index (χ2v) is 9.76. The summed E-state index contributed by atoms with van der Waals surface area (Å²) in [4.78, 5) is 24.0. The zero-order chi connectivity index (χ0) is 27.7. The van der Waals surface area contributed by atoms with Crippen molar-refractivity contribution in [1.82, 2.24) is 4.57 Å². The lowest BCUT2D eigenvalue weighted by atomic mass is 10.1. The number of oxime groups is 1. The van der Waals surface area contributed by atoms with Gasteiger partial charge in [-0.05, 0) is 35.4 Å². The number of alkyl halides is 3. The van der Waals surface area contributed by atoms with Crippen LogP contribution in [0.15, 0.2) is 70.6 Å². The van der Waals surface area contributed by atoms with E-state index in [9.17, 15) is 28.0 Å². The molecule has 0 amide bonds.